The number of aliphatic hydroxyl groups is 1. The summed E-state index contributed by atoms with van der Waals surface area (Å²) in [5, 5.41) is 12.0. The summed E-state index contributed by atoms with van der Waals surface area (Å²) in [6, 6.07) is 22.8. The van der Waals surface area contributed by atoms with Crippen molar-refractivity contribution in [3.05, 3.63) is 95.1 Å². The molecule has 1 N–H and O–H groups in total. The molecule has 2 saturated carbocycles. The maximum absolute atomic E-state index is 10.5. The fourth-order valence-corrected chi connectivity index (χ4v) is 8.11. The molecule has 1 unspecified atom stereocenters. The Hall–Kier alpha value is -2.91. The highest BCUT2D eigenvalue weighted by Crippen LogP contribution is 2.44. The van der Waals surface area contributed by atoms with Crippen molar-refractivity contribution >= 4 is 17.2 Å². The first-order chi connectivity index (χ1) is 22.9. The Kier molecular flexibility index (Phi) is 15.6. The number of carbonyl (C=O) groups excluding carboxylic acids is 1. The lowest BCUT2D eigenvalue weighted by atomic mass is 9.68. The van der Waals surface area contributed by atoms with Gasteiger partial charge in [0.2, 0.25) is 0 Å². The van der Waals surface area contributed by atoms with Crippen molar-refractivity contribution in [3.63, 3.8) is 0 Å². The third kappa shape index (κ3) is 12.2. The lowest BCUT2D eigenvalue weighted by Gasteiger charge is -2.38. The van der Waals surface area contributed by atoms with Gasteiger partial charge in [-0.15, -0.1) is 6.58 Å². The number of benzene rings is 3. The van der Waals surface area contributed by atoms with E-state index in [1.807, 2.05) is 13.8 Å². The summed E-state index contributed by atoms with van der Waals surface area (Å²) in [5.41, 5.74) is 6.67. The van der Waals surface area contributed by atoms with Crippen LogP contribution in [0.4, 0.5) is 0 Å². The molecular formula is C44H62O3. The molecule has 47 heavy (non-hydrogen) atoms. The normalized spacial score (nSPS) is 21.8. The minimum absolute atomic E-state index is 0.00695. The minimum atomic E-state index is -0.0712. The molecule has 0 radical (unpaired) electrons. The number of carbonyl (C=O) groups is 1. The molecule has 2 fully saturated rings. The quantitative estimate of drug-likeness (QED) is 0.102. The van der Waals surface area contributed by atoms with Gasteiger partial charge in [-0.05, 0) is 128 Å². The van der Waals surface area contributed by atoms with Crippen LogP contribution in [-0.4, -0.2) is 24.8 Å². The Morgan fingerprint density at radius 1 is 0.809 bits per heavy atom. The molecular weight excluding hydrogens is 576 g/mol. The second kappa shape index (κ2) is 19.8. The van der Waals surface area contributed by atoms with E-state index in [1.165, 1.54) is 105 Å². The van der Waals surface area contributed by atoms with Crippen molar-refractivity contribution in [1.82, 2.24) is 0 Å². The number of aliphatic hydroxyl groups excluding tert-OH is 1. The number of hydrogen-bond acceptors (Lipinski definition) is 3. The van der Waals surface area contributed by atoms with Gasteiger partial charge in [-0.2, -0.15) is 0 Å². The number of rotatable bonds is 15. The average Bonchev–Trinajstić information content (AvgIpc) is 3.09. The largest absolute Gasteiger partial charge is 0.468 e. The third-order valence-corrected chi connectivity index (χ3v) is 10.9. The first-order valence-corrected chi connectivity index (χ1v) is 18.8. The number of allylic oxidation sites excluding steroid dienone is 1. The highest BCUT2D eigenvalue weighted by atomic mass is 16.5. The van der Waals surface area contributed by atoms with Crippen molar-refractivity contribution in [2.24, 2.45) is 23.7 Å². The zero-order valence-electron chi connectivity index (χ0n) is 29.7. The molecule has 256 valence electrons. The average molecular weight is 639 g/mol. The number of ether oxygens (including phenoxy) is 1. The van der Waals surface area contributed by atoms with E-state index in [1.54, 1.807) is 5.56 Å². The predicted octanol–water partition coefficient (Wildman–Crippen LogP) is 11.2. The summed E-state index contributed by atoms with van der Waals surface area (Å²) < 4.78 is 4.86. The topological polar surface area (TPSA) is 46.5 Å². The molecule has 0 amide bonds. The van der Waals surface area contributed by atoms with Crippen LogP contribution in [0, 0.1) is 23.7 Å². The second-order valence-electron chi connectivity index (χ2n) is 15.0. The van der Waals surface area contributed by atoms with Crippen molar-refractivity contribution in [2.75, 3.05) is 13.2 Å². The van der Waals surface area contributed by atoms with E-state index in [-0.39, 0.29) is 19.1 Å². The van der Waals surface area contributed by atoms with E-state index < -0.39 is 0 Å². The third-order valence-electron chi connectivity index (χ3n) is 10.9. The molecule has 0 saturated heterocycles. The van der Waals surface area contributed by atoms with E-state index in [0.717, 1.165) is 42.1 Å². The standard InChI is InChI=1S/C40H54O3.C4H8/c1-2-3-4-5-30-8-14-35(15-9-30)37-20-22-38(23-21-37)36-16-10-31(11-17-36)6-7-32-12-18-40-26-33(13-19-39(40)25-32)24-34(27-41)28-43-29-42;1-4(2)3/h10-13,16-19,25-26,29-30,34-35,37-38,41H,2-9,14-15,20-24,27-28H2,1H3;1H2,2-3H3. The van der Waals surface area contributed by atoms with Gasteiger partial charge in [-0.25, -0.2) is 0 Å². The second-order valence-corrected chi connectivity index (χ2v) is 15.0. The summed E-state index contributed by atoms with van der Waals surface area (Å²) >= 11 is 0. The van der Waals surface area contributed by atoms with Crippen LogP contribution < -0.4 is 0 Å². The van der Waals surface area contributed by atoms with Gasteiger partial charge in [0.25, 0.3) is 6.47 Å². The Balaban J connectivity index is 0.00000118. The van der Waals surface area contributed by atoms with Gasteiger partial charge in [0.05, 0.1) is 6.61 Å². The highest BCUT2D eigenvalue weighted by Gasteiger charge is 2.31. The van der Waals surface area contributed by atoms with E-state index in [0.29, 0.717) is 12.9 Å². The summed E-state index contributed by atoms with van der Waals surface area (Å²) in [4.78, 5) is 10.5. The minimum Gasteiger partial charge on any atom is -0.468 e. The summed E-state index contributed by atoms with van der Waals surface area (Å²) in [6.45, 7) is 10.5. The Morgan fingerprint density at radius 2 is 1.36 bits per heavy atom. The molecule has 0 spiro atoms. The fourth-order valence-electron chi connectivity index (χ4n) is 8.11. The Bertz CT molecular complexity index is 1340. The van der Waals surface area contributed by atoms with Crippen LogP contribution in [0.15, 0.2) is 72.8 Å². The van der Waals surface area contributed by atoms with Gasteiger partial charge in [-0.1, -0.05) is 112 Å². The monoisotopic (exact) mass is 638 g/mol. The Morgan fingerprint density at radius 3 is 1.96 bits per heavy atom. The highest BCUT2D eigenvalue weighted by molar-refractivity contribution is 5.83. The molecule has 3 aromatic rings. The van der Waals surface area contributed by atoms with Crippen molar-refractivity contribution in [3.8, 4) is 0 Å². The van der Waals surface area contributed by atoms with Crippen LogP contribution >= 0.6 is 0 Å². The van der Waals surface area contributed by atoms with E-state index in [9.17, 15) is 9.90 Å². The number of aryl methyl sites for hydroxylation is 2. The maximum atomic E-state index is 10.5. The van der Waals surface area contributed by atoms with E-state index in [2.05, 4.69) is 74.2 Å². The van der Waals surface area contributed by atoms with Crippen molar-refractivity contribution in [1.29, 1.82) is 0 Å². The lowest BCUT2D eigenvalue weighted by molar-refractivity contribution is -0.130. The lowest BCUT2D eigenvalue weighted by Crippen LogP contribution is -2.25. The molecule has 1 atom stereocenters. The molecule has 3 aromatic carbocycles. The van der Waals surface area contributed by atoms with Crippen LogP contribution in [0.3, 0.4) is 0 Å². The summed E-state index contributed by atoms with van der Waals surface area (Å²) in [7, 11) is 0. The molecule has 3 nitrogen and oxygen atoms in total. The van der Waals surface area contributed by atoms with Gasteiger partial charge < -0.3 is 9.84 Å². The smallest absolute Gasteiger partial charge is 0.293 e. The van der Waals surface area contributed by atoms with Gasteiger partial charge in [0, 0.05) is 12.5 Å². The van der Waals surface area contributed by atoms with Gasteiger partial charge in [-0.3, -0.25) is 4.79 Å². The van der Waals surface area contributed by atoms with Gasteiger partial charge in [0.1, 0.15) is 0 Å². The summed E-state index contributed by atoms with van der Waals surface area (Å²) in [6.07, 6.45) is 20.2. The molecule has 2 aliphatic rings. The number of hydrogen-bond donors (Lipinski definition) is 1. The molecule has 0 aromatic heterocycles. The summed E-state index contributed by atoms with van der Waals surface area (Å²) in [5.74, 6) is 3.71. The van der Waals surface area contributed by atoms with E-state index in [4.69, 9.17) is 4.74 Å². The van der Waals surface area contributed by atoms with Gasteiger partial charge >= 0.3 is 0 Å². The van der Waals surface area contributed by atoms with E-state index >= 15 is 0 Å². The molecule has 0 bridgehead atoms. The molecule has 3 heteroatoms. The molecule has 2 aliphatic carbocycles. The van der Waals surface area contributed by atoms with Crippen molar-refractivity contribution in [2.45, 2.75) is 123 Å². The first kappa shape index (κ1) is 36.9. The van der Waals surface area contributed by atoms with Crippen LogP contribution in [0.5, 0.6) is 0 Å². The number of unbranched alkanes of at least 4 members (excludes halogenated alkanes) is 2. The maximum Gasteiger partial charge on any atom is 0.293 e. The fraction of sp³-hybridized carbons (Fsp3) is 0.568. The van der Waals surface area contributed by atoms with Crippen LogP contribution in [0.1, 0.15) is 126 Å². The predicted molar refractivity (Wildman–Crippen MR) is 199 cm³/mol. The SMILES string of the molecule is C=C(C)C.CCCCCC1CCC(C2CCC(c3ccc(CCc4ccc5cc(CC(CO)COC=O)ccc5c4)cc3)CC2)CC1. The van der Waals surface area contributed by atoms with Crippen LogP contribution in [-0.2, 0) is 28.8 Å². The van der Waals surface area contributed by atoms with Crippen LogP contribution in [0.25, 0.3) is 10.8 Å². The van der Waals surface area contributed by atoms with Crippen LogP contribution in [0.2, 0.25) is 0 Å². The number of fused-ring (bicyclic) bond motifs is 1. The first-order valence-electron chi connectivity index (χ1n) is 18.8. The van der Waals surface area contributed by atoms with Crippen molar-refractivity contribution < 1.29 is 14.6 Å². The molecule has 0 aliphatic heterocycles. The zero-order chi connectivity index (χ0) is 33.4. The Labute approximate surface area is 286 Å². The molecule has 5 rings (SSSR count). The van der Waals surface area contributed by atoms with Gasteiger partial charge in [0.15, 0.2) is 0 Å². The molecule has 0 heterocycles. The zero-order valence-corrected chi connectivity index (χ0v) is 29.7.